The first-order valence-electron chi connectivity index (χ1n) is 14.7. The topological polar surface area (TPSA) is 72.8 Å². The molecule has 1 aliphatic heterocycles. The van der Waals surface area contributed by atoms with Gasteiger partial charge in [0.2, 0.25) is 0 Å². The average Bonchev–Trinajstić information content (AvgIpc) is 2.99. The van der Waals surface area contributed by atoms with E-state index in [9.17, 15) is 15.0 Å². The number of piperidine rings is 1. The zero-order valence-electron chi connectivity index (χ0n) is 23.8. The first kappa shape index (κ1) is 30.3. The molecule has 1 amide bonds. The molecule has 1 fully saturated rings. The van der Waals surface area contributed by atoms with Gasteiger partial charge in [0.25, 0.3) is 5.91 Å². The number of amides is 1. The standard InChI is InChI=1S/C34H43ClN2O3/c1-3-25-10-7-11-28(22-25)32-30(13-8-14-31(32)35)34(40,19-5-4-6-21-38)29-12-9-20-37(24-29)33(39)27-17-15-26(16-18-27)23-36-2/h7-8,10-11,13-18,22,29,36,38,40H,3-6,9,12,19-21,23-24H2,1-2H3. The first-order chi connectivity index (χ1) is 19.4. The van der Waals surface area contributed by atoms with Gasteiger partial charge < -0.3 is 20.4 Å². The number of carbonyl (C=O) groups is 1. The van der Waals surface area contributed by atoms with Crippen LogP contribution in [0.3, 0.4) is 0 Å². The van der Waals surface area contributed by atoms with Crippen LogP contribution < -0.4 is 5.32 Å². The molecule has 1 saturated heterocycles. The molecule has 0 spiro atoms. The lowest BCUT2D eigenvalue weighted by Gasteiger charge is -2.44. The molecular formula is C34H43ClN2O3. The number of likely N-dealkylation sites (tertiary alicyclic amines) is 1. The second-order valence-electron chi connectivity index (χ2n) is 11.0. The van der Waals surface area contributed by atoms with Crippen LogP contribution >= 0.6 is 11.6 Å². The average molecular weight is 563 g/mol. The Balaban J connectivity index is 1.69. The van der Waals surface area contributed by atoms with Crippen LogP contribution in [0.5, 0.6) is 0 Å². The second-order valence-corrected chi connectivity index (χ2v) is 11.4. The molecule has 1 heterocycles. The number of hydrogen-bond acceptors (Lipinski definition) is 4. The number of aliphatic hydroxyl groups excluding tert-OH is 1. The SMILES string of the molecule is CCc1cccc(-c2c(Cl)cccc2C(O)(CCCCCO)C2CCCN(C(=O)c3ccc(CNC)cc3)C2)c1. The summed E-state index contributed by atoms with van der Waals surface area (Å²) < 4.78 is 0. The van der Waals surface area contributed by atoms with E-state index in [4.69, 9.17) is 11.6 Å². The molecule has 0 saturated carbocycles. The molecule has 2 atom stereocenters. The first-order valence-corrected chi connectivity index (χ1v) is 15.0. The minimum atomic E-state index is -1.17. The third-order valence-corrected chi connectivity index (χ3v) is 8.60. The van der Waals surface area contributed by atoms with Gasteiger partial charge in [-0.3, -0.25) is 4.79 Å². The zero-order chi connectivity index (χ0) is 28.5. The zero-order valence-corrected chi connectivity index (χ0v) is 24.6. The molecule has 0 aliphatic carbocycles. The van der Waals surface area contributed by atoms with Crippen molar-refractivity contribution in [3.8, 4) is 11.1 Å². The molecule has 5 nitrogen and oxygen atoms in total. The minimum absolute atomic E-state index is 0.00491. The van der Waals surface area contributed by atoms with Crippen LogP contribution in [0.2, 0.25) is 5.02 Å². The molecule has 0 bridgehead atoms. The van der Waals surface area contributed by atoms with Gasteiger partial charge in [-0.05, 0) is 79.6 Å². The summed E-state index contributed by atoms with van der Waals surface area (Å²) in [5.74, 6) is -0.139. The Kier molecular flexibility index (Phi) is 10.8. The van der Waals surface area contributed by atoms with Crippen molar-refractivity contribution in [3.63, 3.8) is 0 Å². The van der Waals surface area contributed by atoms with Crippen LogP contribution in [-0.2, 0) is 18.6 Å². The van der Waals surface area contributed by atoms with E-state index in [1.165, 1.54) is 5.56 Å². The van der Waals surface area contributed by atoms with Crippen molar-refractivity contribution in [1.29, 1.82) is 0 Å². The molecule has 0 radical (unpaired) electrons. The fraction of sp³-hybridized carbons (Fsp3) is 0.441. The van der Waals surface area contributed by atoms with Crippen molar-refractivity contribution in [2.24, 2.45) is 5.92 Å². The monoisotopic (exact) mass is 562 g/mol. The van der Waals surface area contributed by atoms with Crippen molar-refractivity contribution in [2.75, 3.05) is 26.7 Å². The summed E-state index contributed by atoms with van der Waals surface area (Å²) in [6.45, 7) is 4.19. The van der Waals surface area contributed by atoms with Crippen LogP contribution in [0.25, 0.3) is 11.1 Å². The highest BCUT2D eigenvalue weighted by atomic mass is 35.5. The largest absolute Gasteiger partial charge is 0.396 e. The quantitative estimate of drug-likeness (QED) is 0.218. The van der Waals surface area contributed by atoms with Gasteiger partial charge in [-0.2, -0.15) is 0 Å². The Hall–Kier alpha value is -2.70. The predicted molar refractivity (Wildman–Crippen MR) is 164 cm³/mol. The number of carbonyl (C=O) groups excluding carboxylic acids is 1. The van der Waals surface area contributed by atoms with Crippen molar-refractivity contribution in [1.82, 2.24) is 10.2 Å². The van der Waals surface area contributed by atoms with E-state index in [1.54, 1.807) is 0 Å². The number of aliphatic hydroxyl groups is 2. The van der Waals surface area contributed by atoms with Crippen LogP contribution in [-0.4, -0.2) is 47.8 Å². The second kappa shape index (κ2) is 14.3. The summed E-state index contributed by atoms with van der Waals surface area (Å²) in [6.07, 6.45) is 5.41. The molecule has 3 N–H and O–H groups in total. The smallest absolute Gasteiger partial charge is 0.253 e. The van der Waals surface area contributed by atoms with Gasteiger partial charge >= 0.3 is 0 Å². The summed E-state index contributed by atoms with van der Waals surface area (Å²) in [5.41, 5.74) is 4.54. The van der Waals surface area contributed by atoms with E-state index in [-0.39, 0.29) is 18.4 Å². The Morgan fingerprint density at radius 1 is 1.05 bits per heavy atom. The van der Waals surface area contributed by atoms with Crippen molar-refractivity contribution < 1.29 is 15.0 Å². The maximum absolute atomic E-state index is 13.6. The molecule has 40 heavy (non-hydrogen) atoms. The highest BCUT2D eigenvalue weighted by Gasteiger charge is 2.43. The molecular weight excluding hydrogens is 520 g/mol. The van der Waals surface area contributed by atoms with Crippen LogP contribution in [0.1, 0.15) is 72.5 Å². The molecule has 3 aromatic carbocycles. The van der Waals surface area contributed by atoms with Gasteiger partial charge in [-0.15, -0.1) is 0 Å². The maximum Gasteiger partial charge on any atom is 0.253 e. The molecule has 3 aromatic rings. The Labute approximate surface area is 244 Å². The number of nitrogens with zero attached hydrogens (tertiary/aromatic N) is 1. The van der Waals surface area contributed by atoms with Gasteiger partial charge in [0.05, 0.1) is 5.60 Å². The van der Waals surface area contributed by atoms with Gasteiger partial charge in [0.1, 0.15) is 0 Å². The lowest BCUT2D eigenvalue weighted by molar-refractivity contribution is -0.0569. The molecule has 6 heteroatoms. The number of unbranched alkanes of at least 4 members (excludes halogenated alkanes) is 2. The lowest BCUT2D eigenvalue weighted by Crippen LogP contribution is -2.48. The normalized spacial score (nSPS) is 17.0. The molecule has 4 rings (SSSR count). The third kappa shape index (κ3) is 6.95. The van der Waals surface area contributed by atoms with E-state index in [0.717, 1.165) is 60.9 Å². The number of aryl methyl sites for hydroxylation is 1. The Morgan fingerprint density at radius 2 is 1.82 bits per heavy atom. The summed E-state index contributed by atoms with van der Waals surface area (Å²) in [4.78, 5) is 15.5. The molecule has 1 aliphatic rings. The van der Waals surface area contributed by atoms with Gasteiger partial charge in [-0.25, -0.2) is 0 Å². The van der Waals surface area contributed by atoms with E-state index in [1.807, 2.05) is 60.5 Å². The molecule has 214 valence electrons. The van der Waals surface area contributed by atoms with Crippen LogP contribution in [0.4, 0.5) is 0 Å². The van der Waals surface area contributed by atoms with Crippen molar-refractivity contribution >= 4 is 17.5 Å². The van der Waals surface area contributed by atoms with Crippen LogP contribution in [0, 0.1) is 5.92 Å². The highest BCUT2D eigenvalue weighted by Crippen LogP contribution is 2.46. The summed E-state index contributed by atoms with van der Waals surface area (Å²) in [5, 5.41) is 25.8. The predicted octanol–water partition coefficient (Wildman–Crippen LogP) is 6.58. The summed E-state index contributed by atoms with van der Waals surface area (Å²) >= 11 is 6.87. The van der Waals surface area contributed by atoms with E-state index in [2.05, 4.69) is 30.4 Å². The number of rotatable bonds is 12. The Bertz CT molecular complexity index is 1260. The number of hydrogen-bond donors (Lipinski definition) is 3. The third-order valence-electron chi connectivity index (χ3n) is 8.29. The number of nitrogens with one attached hydrogen (secondary N) is 1. The lowest BCUT2D eigenvalue weighted by atomic mass is 9.72. The number of benzene rings is 3. The van der Waals surface area contributed by atoms with E-state index < -0.39 is 5.60 Å². The highest BCUT2D eigenvalue weighted by molar-refractivity contribution is 6.33. The maximum atomic E-state index is 13.6. The number of halogens is 1. The van der Waals surface area contributed by atoms with E-state index >= 15 is 0 Å². The summed E-state index contributed by atoms with van der Waals surface area (Å²) in [6, 6.07) is 22.0. The van der Waals surface area contributed by atoms with Gasteiger partial charge in [-0.1, -0.05) is 79.9 Å². The Morgan fingerprint density at radius 3 is 2.55 bits per heavy atom. The van der Waals surface area contributed by atoms with Crippen molar-refractivity contribution in [2.45, 2.75) is 64.0 Å². The fourth-order valence-corrected chi connectivity index (χ4v) is 6.35. The fourth-order valence-electron chi connectivity index (χ4n) is 6.07. The van der Waals surface area contributed by atoms with Crippen molar-refractivity contribution in [3.05, 3.63) is 94.0 Å². The molecule has 0 aromatic heterocycles. The van der Waals surface area contributed by atoms with Gasteiger partial charge in [0.15, 0.2) is 0 Å². The minimum Gasteiger partial charge on any atom is -0.396 e. The van der Waals surface area contributed by atoms with Gasteiger partial charge in [0, 0.05) is 48.3 Å². The molecule has 2 unspecified atom stereocenters. The van der Waals surface area contributed by atoms with Crippen LogP contribution in [0.15, 0.2) is 66.7 Å². The summed E-state index contributed by atoms with van der Waals surface area (Å²) in [7, 11) is 1.91. The van der Waals surface area contributed by atoms with E-state index in [0.29, 0.717) is 36.5 Å².